The lowest BCUT2D eigenvalue weighted by Crippen LogP contribution is -2.55. The maximum Gasteiger partial charge on any atom is 0.407 e. The molecule has 2 heterocycles. The molecular weight excluding hydrogens is 714 g/mol. The van der Waals surface area contributed by atoms with E-state index in [-0.39, 0.29) is 86.5 Å². The molecule has 3 fully saturated rings. The van der Waals surface area contributed by atoms with Crippen molar-refractivity contribution in [3.63, 3.8) is 0 Å². The largest absolute Gasteiger partial charge is 0.460 e. The summed E-state index contributed by atoms with van der Waals surface area (Å²) in [6, 6.07) is 0. The standard InChI is InChI=1S/C39H65N5O11/c1-26(2)13-14-31-38(5,55-31)36-35(51-6)30(15-16-39(36)25-53-39)54-34(49)20-28(27(3)4)24-52-37(50)41-17-11-9-7-8-10-12-29(46)21-43-44-23-33(48)42-22-32(47)40-18-19-45/h13,19,27-28,30-31,35-36,43-44H,7-12,14-18,20-25H2,1-6H3,(H,40,47)(H,41,50)(H,42,48)/t28-,30?,31+,35?,36?,38?,39-/m0/s1. The molecule has 1 saturated carbocycles. The molecule has 1 spiro atoms. The summed E-state index contributed by atoms with van der Waals surface area (Å²) in [5, 5.41) is 7.48. The molecule has 1 aliphatic carbocycles. The van der Waals surface area contributed by atoms with Crippen LogP contribution in [-0.4, -0.2) is 119 Å². The van der Waals surface area contributed by atoms with Crippen molar-refractivity contribution >= 4 is 35.9 Å². The van der Waals surface area contributed by atoms with Gasteiger partial charge in [-0.2, -0.15) is 0 Å². The monoisotopic (exact) mass is 779 g/mol. The van der Waals surface area contributed by atoms with Gasteiger partial charge in [0.1, 0.15) is 35.5 Å². The van der Waals surface area contributed by atoms with E-state index in [9.17, 15) is 28.8 Å². The molecule has 16 nitrogen and oxygen atoms in total. The minimum atomic E-state index is -0.520. The molecule has 55 heavy (non-hydrogen) atoms. The molecule has 0 aromatic rings. The minimum Gasteiger partial charge on any atom is -0.460 e. The van der Waals surface area contributed by atoms with Gasteiger partial charge in [-0.25, -0.2) is 15.6 Å². The topological polar surface area (TPSA) is 215 Å². The van der Waals surface area contributed by atoms with Crippen molar-refractivity contribution in [1.29, 1.82) is 0 Å². The quantitative estimate of drug-likeness (QED) is 0.0203. The number of allylic oxidation sites excluding steroid dienone is 1. The van der Waals surface area contributed by atoms with E-state index in [2.05, 4.69) is 53.6 Å². The summed E-state index contributed by atoms with van der Waals surface area (Å²) in [4.78, 5) is 71.0. The van der Waals surface area contributed by atoms with Gasteiger partial charge in [-0.15, -0.1) is 0 Å². The highest BCUT2D eigenvalue weighted by Gasteiger charge is 2.72. The summed E-state index contributed by atoms with van der Waals surface area (Å²) in [5.74, 6) is -1.41. The Bertz CT molecular complexity index is 1320. The Hall–Kier alpha value is -3.44. The van der Waals surface area contributed by atoms with E-state index in [0.29, 0.717) is 32.3 Å². The number of epoxide rings is 2. The van der Waals surface area contributed by atoms with E-state index in [1.807, 2.05) is 13.8 Å². The first-order chi connectivity index (χ1) is 26.2. The minimum absolute atomic E-state index is 0.00366. The molecule has 2 aliphatic heterocycles. The molecule has 3 aliphatic rings. The van der Waals surface area contributed by atoms with E-state index in [0.717, 1.165) is 44.9 Å². The van der Waals surface area contributed by atoms with Crippen LogP contribution in [0.3, 0.4) is 0 Å². The third-order valence-corrected chi connectivity index (χ3v) is 10.7. The summed E-state index contributed by atoms with van der Waals surface area (Å²) >= 11 is 0. The normalized spacial score (nSPS) is 25.7. The van der Waals surface area contributed by atoms with Crippen LogP contribution in [0.5, 0.6) is 0 Å². The summed E-state index contributed by atoms with van der Waals surface area (Å²) in [6.45, 7) is 11.1. The van der Waals surface area contributed by atoms with Gasteiger partial charge in [0.15, 0.2) is 0 Å². The van der Waals surface area contributed by atoms with Gasteiger partial charge in [-0.05, 0) is 58.8 Å². The lowest BCUT2D eigenvalue weighted by Gasteiger charge is -2.42. The van der Waals surface area contributed by atoms with Crippen molar-refractivity contribution in [1.82, 2.24) is 26.8 Å². The number of esters is 1. The van der Waals surface area contributed by atoms with Crippen molar-refractivity contribution in [2.24, 2.45) is 17.8 Å². The van der Waals surface area contributed by atoms with Crippen molar-refractivity contribution in [3.05, 3.63) is 11.6 Å². The van der Waals surface area contributed by atoms with Gasteiger partial charge in [0.05, 0.1) is 57.8 Å². The number of ketones is 1. The Labute approximate surface area is 325 Å². The third-order valence-electron chi connectivity index (χ3n) is 10.7. The molecule has 0 bridgehead atoms. The summed E-state index contributed by atoms with van der Waals surface area (Å²) < 4.78 is 29.9. The lowest BCUT2D eigenvalue weighted by atomic mass is 9.68. The number of hydrogen-bond acceptors (Lipinski definition) is 13. The predicted octanol–water partition coefficient (Wildman–Crippen LogP) is 2.43. The van der Waals surface area contributed by atoms with Crippen LogP contribution in [0.1, 0.15) is 98.8 Å². The maximum absolute atomic E-state index is 13.3. The first-order valence-electron chi connectivity index (χ1n) is 19.8. The molecule has 0 aromatic carbocycles. The van der Waals surface area contributed by atoms with Crippen LogP contribution in [0.15, 0.2) is 11.6 Å². The summed E-state index contributed by atoms with van der Waals surface area (Å²) in [6.07, 6.45) is 8.46. The van der Waals surface area contributed by atoms with Crippen LogP contribution in [-0.2, 0) is 47.7 Å². The van der Waals surface area contributed by atoms with Crippen molar-refractivity contribution in [2.45, 2.75) is 128 Å². The predicted molar refractivity (Wildman–Crippen MR) is 203 cm³/mol. The number of nitrogens with one attached hydrogen (secondary N) is 5. The number of hydrogen-bond donors (Lipinski definition) is 5. The summed E-state index contributed by atoms with van der Waals surface area (Å²) in [5.41, 5.74) is 5.86. The molecule has 0 aromatic heterocycles. The van der Waals surface area contributed by atoms with E-state index >= 15 is 0 Å². The van der Waals surface area contributed by atoms with E-state index in [1.54, 1.807) is 7.11 Å². The Morgan fingerprint density at radius 3 is 2.29 bits per heavy atom. The maximum atomic E-state index is 13.3. The first kappa shape index (κ1) is 45.9. The van der Waals surface area contributed by atoms with Crippen LogP contribution in [0.2, 0.25) is 0 Å². The number of alkyl carbamates (subject to hydrolysis) is 1. The van der Waals surface area contributed by atoms with Gasteiger partial charge in [0, 0.05) is 26.0 Å². The number of methoxy groups -OCH3 is 1. The van der Waals surface area contributed by atoms with Gasteiger partial charge < -0.3 is 44.4 Å². The fourth-order valence-corrected chi connectivity index (χ4v) is 7.24. The van der Waals surface area contributed by atoms with Crippen LogP contribution in [0.4, 0.5) is 4.79 Å². The van der Waals surface area contributed by atoms with Crippen LogP contribution < -0.4 is 26.8 Å². The number of unbranched alkanes of at least 4 members (excludes halogenated alkanes) is 4. The second-order valence-corrected chi connectivity index (χ2v) is 15.7. The van der Waals surface area contributed by atoms with E-state index in [4.69, 9.17) is 23.7 Å². The molecule has 3 rings (SSSR count). The van der Waals surface area contributed by atoms with Gasteiger partial charge in [0.2, 0.25) is 11.8 Å². The highest BCUT2D eigenvalue weighted by atomic mass is 16.6. The lowest BCUT2D eigenvalue weighted by molar-refractivity contribution is -0.173. The first-order valence-corrected chi connectivity index (χ1v) is 19.8. The molecule has 5 N–H and O–H groups in total. The fraction of sp³-hybridized carbons (Fsp3) is 0.795. The van der Waals surface area contributed by atoms with E-state index < -0.39 is 29.6 Å². The molecule has 2 saturated heterocycles. The fourth-order valence-electron chi connectivity index (χ4n) is 7.24. The molecule has 0 radical (unpaired) electrons. The van der Waals surface area contributed by atoms with Gasteiger partial charge in [0.25, 0.3) is 0 Å². The van der Waals surface area contributed by atoms with Crippen LogP contribution >= 0.6 is 0 Å². The van der Waals surface area contributed by atoms with Crippen molar-refractivity contribution in [2.75, 3.05) is 53.0 Å². The zero-order chi connectivity index (χ0) is 40.4. The Kier molecular flexibility index (Phi) is 19.2. The Balaban J connectivity index is 1.25. The van der Waals surface area contributed by atoms with E-state index in [1.165, 1.54) is 5.57 Å². The van der Waals surface area contributed by atoms with Crippen molar-refractivity contribution in [3.8, 4) is 0 Å². The highest BCUT2D eigenvalue weighted by molar-refractivity contribution is 5.86. The Morgan fingerprint density at radius 2 is 1.62 bits per heavy atom. The average molecular weight is 780 g/mol. The van der Waals surface area contributed by atoms with Gasteiger partial charge in [-0.3, -0.25) is 19.2 Å². The zero-order valence-corrected chi connectivity index (χ0v) is 33.6. The highest BCUT2D eigenvalue weighted by Crippen LogP contribution is 2.59. The average Bonchev–Trinajstić information content (AvgIpc) is 4.06. The van der Waals surface area contributed by atoms with Crippen LogP contribution in [0, 0.1) is 17.8 Å². The molecule has 16 heteroatoms. The number of amides is 3. The van der Waals surface area contributed by atoms with Gasteiger partial charge in [-0.1, -0.05) is 44.8 Å². The summed E-state index contributed by atoms with van der Waals surface area (Å²) in [7, 11) is 1.66. The molecule has 312 valence electrons. The van der Waals surface area contributed by atoms with Crippen molar-refractivity contribution < 1.29 is 52.5 Å². The molecule has 7 atom stereocenters. The number of Topliss-reactive ketones (excluding diaryl/α,β-unsaturated/α-hetero) is 1. The Morgan fingerprint density at radius 1 is 0.927 bits per heavy atom. The number of rotatable bonds is 27. The zero-order valence-electron chi connectivity index (χ0n) is 33.6. The number of hydrazine groups is 1. The smallest absolute Gasteiger partial charge is 0.407 e. The number of carbonyl (C=O) groups excluding carboxylic acids is 6. The van der Waals surface area contributed by atoms with Gasteiger partial charge >= 0.3 is 12.1 Å². The molecule has 4 unspecified atom stereocenters. The number of aldehydes is 1. The molecular formula is C39H65N5O11. The number of carbonyl (C=O) groups is 6. The van der Waals surface area contributed by atoms with Crippen LogP contribution in [0.25, 0.3) is 0 Å². The third kappa shape index (κ3) is 15.6. The SMILES string of the molecule is COC1C(OC(=O)C[C@@H](COC(=O)NCCCCCCCC(=O)CNNCC(=O)NCC(=O)NCC=O)C(C)C)CC[C@]2(CO2)C1C1(C)O[C@@H]1CC=C(C)C. The second-order valence-electron chi connectivity index (χ2n) is 15.7. The number of ether oxygens (including phenoxy) is 5. The molecule has 3 amide bonds. The second kappa shape index (κ2) is 23.0.